The van der Waals surface area contributed by atoms with Gasteiger partial charge in [-0.25, -0.2) is 4.79 Å². The van der Waals surface area contributed by atoms with Crippen LogP contribution in [0.4, 0.5) is 0 Å². The molecule has 0 fully saturated rings. The van der Waals surface area contributed by atoms with E-state index in [-0.39, 0.29) is 5.69 Å². The summed E-state index contributed by atoms with van der Waals surface area (Å²) in [7, 11) is 0. The predicted molar refractivity (Wildman–Crippen MR) is 79.2 cm³/mol. The number of rotatable bonds is 3. The standard InChI is InChI=1S/C17H12N2O2/c18-10-13-6-7-15-14(8-13)9-16(17(20)21)19(15)11-12-4-2-1-3-5-12/h1-9H,11H2,(H,20,21). The molecule has 0 radical (unpaired) electrons. The van der Waals surface area contributed by atoms with Crippen molar-refractivity contribution in [2.45, 2.75) is 6.54 Å². The molecule has 0 spiro atoms. The van der Waals surface area contributed by atoms with Gasteiger partial charge >= 0.3 is 5.97 Å². The number of carboxylic acids is 1. The molecule has 0 aliphatic carbocycles. The average molecular weight is 276 g/mol. The Labute approximate surface area is 121 Å². The van der Waals surface area contributed by atoms with Crippen LogP contribution in [0.15, 0.2) is 54.6 Å². The Bertz CT molecular complexity index is 858. The third-order valence-corrected chi connectivity index (χ3v) is 3.43. The van der Waals surface area contributed by atoms with Crippen molar-refractivity contribution in [2.75, 3.05) is 0 Å². The highest BCUT2D eigenvalue weighted by Crippen LogP contribution is 2.22. The number of hydrogen-bond acceptors (Lipinski definition) is 2. The number of carbonyl (C=O) groups is 1. The molecule has 0 aliphatic rings. The largest absolute Gasteiger partial charge is 0.477 e. The molecular weight excluding hydrogens is 264 g/mol. The van der Waals surface area contributed by atoms with E-state index in [9.17, 15) is 9.90 Å². The number of aromatic nitrogens is 1. The molecule has 0 saturated heterocycles. The molecule has 0 unspecified atom stereocenters. The van der Waals surface area contributed by atoms with Crippen molar-refractivity contribution in [3.05, 3.63) is 71.4 Å². The molecule has 21 heavy (non-hydrogen) atoms. The molecule has 1 aromatic heterocycles. The SMILES string of the molecule is N#Cc1ccc2c(c1)cc(C(=O)O)n2Cc1ccccc1. The molecular formula is C17H12N2O2. The molecule has 0 amide bonds. The first-order valence-corrected chi connectivity index (χ1v) is 6.49. The Kier molecular flexibility index (Phi) is 3.17. The Morgan fingerprint density at radius 3 is 2.57 bits per heavy atom. The van der Waals surface area contributed by atoms with E-state index in [0.29, 0.717) is 12.1 Å². The van der Waals surface area contributed by atoms with E-state index < -0.39 is 5.97 Å². The quantitative estimate of drug-likeness (QED) is 0.798. The van der Waals surface area contributed by atoms with Crippen LogP contribution in [0.25, 0.3) is 10.9 Å². The maximum Gasteiger partial charge on any atom is 0.352 e. The van der Waals surface area contributed by atoms with E-state index in [0.717, 1.165) is 16.5 Å². The first kappa shape index (κ1) is 12.9. The predicted octanol–water partition coefficient (Wildman–Crippen LogP) is 3.26. The van der Waals surface area contributed by atoms with Gasteiger partial charge < -0.3 is 9.67 Å². The van der Waals surface area contributed by atoms with Crippen LogP contribution in [0, 0.1) is 11.3 Å². The number of aromatic carboxylic acids is 1. The fourth-order valence-electron chi connectivity index (χ4n) is 2.45. The van der Waals surface area contributed by atoms with E-state index in [4.69, 9.17) is 5.26 Å². The molecule has 0 atom stereocenters. The average Bonchev–Trinajstić information content (AvgIpc) is 2.86. The highest BCUT2D eigenvalue weighted by Gasteiger charge is 2.15. The minimum absolute atomic E-state index is 0.226. The summed E-state index contributed by atoms with van der Waals surface area (Å²) in [6, 6.07) is 18.6. The second-order valence-corrected chi connectivity index (χ2v) is 4.79. The van der Waals surface area contributed by atoms with E-state index in [1.807, 2.05) is 30.3 Å². The molecule has 3 rings (SSSR count). The Morgan fingerprint density at radius 2 is 1.90 bits per heavy atom. The highest BCUT2D eigenvalue weighted by molar-refractivity contribution is 5.95. The van der Waals surface area contributed by atoms with Crippen LogP contribution < -0.4 is 0 Å². The third-order valence-electron chi connectivity index (χ3n) is 3.43. The lowest BCUT2D eigenvalue weighted by molar-refractivity contribution is 0.0686. The van der Waals surface area contributed by atoms with Crippen molar-refractivity contribution < 1.29 is 9.90 Å². The smallest absolute Gasteiger partial charge is 0.352 e. The van der Waals surface area contributed by atoms with Gasteiger partial charge in [0.1, 0.15) is 5.69 Å². The number of benzene rings is 2. The first-order valence-electron chi connectivity index (χ1n) is 6.49. The van der Waals surface area contributed by atoms with Crippen LogP contribution in [0.3, 0.4) is 0 Å². The summed E-state index contributed by atoms with van der Waals surface area (Å²) in [5, 5.41) is 19.1. The van der Waals surface area contributed by atoms with Gasteiger partial charge in [-0.1, -0.05) is 30.3 Å². The summed E-state index contributed by atoms with van der Waals surface area (Å²) in [4.78, 5) is 11.5. The van der Waals surface area contributed by atoms with Crippen LogP contribution >= 0.6 is 0 Å². The van der Waals surface area contributed by atoms with Gasteiger partial charge in [0, 0.05) is 17.4 Å². The minimum Gasteiger partial charge on any atom is -0.477 e. The van der Waals surface area contributed by atoms with Crippen LogP contribution in [0.1, 0.15) is 21.6 Å². The normalized spacial score (nSPS) is 10.4. The molecule has 2 aromatic carbocycles. The van der Waals surface area contributed by atoms with Crippen LogP contribution in [-0.4, -0.2) is 15.6 Å². The second-order valence-electron chi connectivity index (χ2n) is 4.79. The molecule has 0 saturated carbocycles. The van der Waals surface area contributed by atoms with Gasteiger partial charge in [0.15, 0.2) is 0 Å². The lowest BCUT2D eigenvalue weighted by Gasteiger charge is -2.08. The monoisotopic (exact) mass is 276 g/mol. The lowest BCUT2D eigenvalue weighted by Crippen LogP contribution is -2.09. The fourth-order valence-corrected chi connectivity index (χ4v) is 2.45. The highest BCUT2D eigenvalue weighted by atomic mass is 16.4. The lowest BCUT2D eigenvalue weighted by atomic mass is 10.2. The Hall–Kier alpha value is -3.06. The summed E-state index contributed by atoms with van der Waals surface area (Å²) in [5.74, 6) is -0.972. The summed E-state index contributed by atoms with van der Waals surface area (Å²) >= 11 is 0. The Morgan fingerprint density at radius 1 is 1.14 bits per heavy atom. The van der Waals surface area contributed by atoms with E-state index >= 15 is 0 Å². The molecule has 0 aliphatic heterocycles. The van der Waals surface area contributed by atoms with Gasteiger partial charge in [-0.3, -0.25) is 0 Å². The van der Waals surface area contributed by atoms with Crippen molar-refractivity contribution in [1.29, 1.82) is 5.26 Å². The minimum atomic E-state index is -0.972. The van der Waals surface area contributed by atoms with E-state index in [2.05, 4.69) is 6.07 Å². The zero-order valence-electron chi connectivity index (χ0n) is 11.2. The summed E-state index contributed by atoms with van der Waals surface area (Å²) in [6.07, 6.45) is 0. The number of hydrogen-bond donors (Lipinski definition) is 1. The van der Waals surface area contributed by atoms with Crippen LogP contribution in [0.2, 0.25) is 0 Å². The van der Waals surface area contributed by atoms with Crippen LogP contribution in [-0.2, 0) is 6.54 Å². The number of nitriles is 1. The number of nitrogens with zero attached hydrogens (tertiary/aromatic N) is 2. The fraction of sp³-hybridized carbons (Fsp3) is 0.0588. The first-order chi connectivity index (χ1) is 10.2. The molecule has 102 valence electrons. The van der Waals surface area contributed by atoms with Crippen molar-refractivity contribution in [3.8, 4) is 6.07 Å². The molecule has 0 bridgehead atoms. The van der Waals surface area contributed by atoms with E-state index in [1.54, 1.807) is 28.8 Å². The van der Waals surface area contributed by atoms with Gasteiger partial charge in [-0.2, -0.15) is 5.26 Å². The molecule has 4 heteroatoms. The van der Waals surface area contributed by atoms with Crippen LogP contribution in [0.5, 0.6) is 0 Å². The van der Waals surface area contributed by atoms with Crippen molar-refractivity contribution >= 4 is 16.9 Å². The maximum absolute atomic E-state index is 11.5. The zero-order chi connectivity index (χ0) is 14.8. The summed E-state index contributed by atoms with van der Waals surface area (Å²) < 4.78 is 1.76. The van der Waals surface area contributed by atoms with Gasteiger partial charge in [0.25, 0.3) is 0 Å². The number of fused-ring (bicyclic) bond motifs is 1. The third kappa shape index (κ3) is 2.37. The van der Waals surface area contributed by atoms with Crippen molar-refractivity contribution in [2.24, 2.45) is 0 Å². The van der Waals surface area contributed by atoms with Crippen molar-refractivity contribution in [3.63, 3.8) is 0 Å². The van der Waals surface area contributed by atoms with Gasteiger partial charge in [0.05, 0.1) is 11.6 Å². The molecule has 1 heterocycles. The van der Waals surface area contributed by atoms with Crippen molar-refractivity contribution in [1.82, 2.24) is 4.57 Å². The summed E-state index contributed by atoms with van der Waals surface area (Å²) in [6.45, 7) is 0.484. The molecule has 1 N–H and O–H groups in total. The molecule has 4 nitrogen and oxygen atoms in total. The number of carboxylic acid groups (broad SMARTS) is 1. The Balaban J connectivity index is 2.17. The van der Waals surface area contributed by atoms with Gasteiger partial charge in [0.2, 0.25) is 0 Å². The molecule has 3 aromatic rings. The van der Waals surface area contributed by atoms with Gasteiger partial charge in [-0.15, -0.1) is 0 Å². The zero-order valence-corrected chi connectivity index (χ0v) is 11.2. The second kappa shape index (κ2) is 5.14. The van der Waals surface area contributed by atoms with E-state index in [1.165, 1.54) is 0 Å². The summed E-state index contributed by atoms with van der Waals surface area (Å²) in [5.41, 5.74) is 2.59. The van der Waals surface area contributed by atoms with Gasteiger partial charge in [-0.05, 0) is 29.8 Å². The maximum atomic E-state index is 11.5. The topological polar surface area (TPSA) is 66.0 Å².